The zero-order valence-corrected chi connectivity index (χ0v) is 25.2. The molecular formula is C33H32N2O9. The first kappa shape index (κ1) is 31.6. The number of carbonyl (C=O) groups excluding carboxylic acids is 5. The van der Waals surface area contributed by atoms with Crippen molar-refractivity contribution in [3.05, 3.63) is 94.5 Å². The van der Waals surface area contributed by atoms with E-state index in [1.54, 1.807) is 82.3 Å². The summed E-state index contributed by atoms with van der Waals surface area (Å²) in [6.07, 6.45) is -0.575. The van der Waals surface area contributed by atoms with Crippen molar-refractivity contribution in [1.82, 2.24) is 9.63 Å². The van der Waals surface area contributed by atoms with Gasteiger partial charge in [0.15, 0.2) is 0 Å². The van der Waals surface area contributed by atoms with Crippen molar-refractivity contribution in [3.63, 3.8) is 0 Å². The fourth-order valence-corrected chi connectivity index (χ4v) is 4.74. The minimum atomic E-state index is -0.919. The fraction of sp³-hybridized carbons (Fsp3) is 0.242. The van der Waals surface area contributed by atoms with Crippen molar-refractivity contribution in [2.45, 2.75) is 39.9 Å². The molecule has 0 radical (unpaired) electrons. The lowest BCUT2D eigenvalue weighted by Gasteiger charge is -2.21. The SMILES string of the molecule is COC(=O)c1cc(C(=O)OC)c2c(CON(C=O)C(=O)c3ccccc3C)c(-c3ccccc3)n(C(=O)OC(C)(C)C)c2c1. The highest BCUT2D eigenvalue weighted by atomic mass is 16.7. The number of esters is 2. The van der Waals surface area contributed by atoms with Gasteiger partial charge < -0.3 is 14.2 Å². The van der Waals surface area contributed by atoms with Gasteiger partial charge in [0.1, 0.15) is 12.2 Å². The second-order valence-corrected chi connectivity index (χ2v) is 10.7. The summed E-state index contributed by atoms with van der Waals surface area (Å²) in [7, 11) is 2.36. The van der Waals surface area contributed by atoms with E-state index in [9.17, 15) is 24.0 Å². The Morgan fingerprint density at radius 2 is 1.50 bits per heavy atom. The van der Waals surface area contributed by atoms with E-state index < -0.39 is 36.1 Å². The number of hydrogen-bond donors (Lipinski definition) is 0. The number of hydroxylamine groups is 2. The molecular weight excluding hydrogens is 568 g/mol. The number of amides is 2. The Hall–Kier alpha value is -5.29. The fourth-order valence-electron chi connectivity index (χ4n) is 4.74. The van der Waals surface area contributed by atoms with E-state index in [2.05, 4.69) is 0 Å². The van der Waals surface area contributed by atoms with Crippen LogP contribution < -0.4 is 0 Å². The van der Waals surface area contributed by atoms with Gasteiger partial charge in [-0.2, -0.15) is 5.06 Å². The second kappa shape index (κ2) is 12.9. The highest BCUT2D eigenvalue weighted by Gasteiger charge is 2.32. The number of nitrogens with zero attached hydrogens (tertiary/aromatic N) is 2. The first-order valence-corrected chi connectivity index (χ1v) is 13.6. The van der Waals surface area contributed by atoms with E-state index in [0.717, 1.165) is 0 Å². The normalized spacial score (nSPS) is 11.1. The van der Waals surface area contributed by atoms with Crippen LogP contribution in [0.1, 0.15) is 63.0 Å². The highest BCUT2D eigenvalue weighted by Crippen LogP contribution is 2.38. The number of aromatic nitrogens is 1. The molecule has 0 N–H and O–H groups in total. The zero-order valence-electron chi connectivity index (χ0n) is 25.2. The number of benzene rings is 3. The monoisotopic (exact) mass is 600 g/mol. The molecule has 1 aromatic heterocycles. The molecule has 0 saturated carbocycles. The molecule has 0 bridgehead atoms. The van der Waals surface area contributed by atoms with Crippen molar-refractivity contribution in [2.24, 2.45) is 0 Å². The molecule has 44 heavy (non-hydrogen) atoms. The molecule has 0 spiro atoms. The standard InChI is InChI=1S/C33H32N2O9/c1-20-12-10-11-15-23(20)29(37)34(19-36)43-18-25-27-24(31(39)42-6)16-22(30(38)41-5)17-26(27)35(32(40)44-33(2,3)4)28(25)21-13-8-7-9-14-21/h7-17,19H,18H2,1-6H3. The highest BCUT2D eigenvalue weighted by molar-refractivity contribution is 6.12. The number of fused-ring (bicyclic) bond motifs is 1. The summed E-state index contributed by atoms with van der Waals surface area (Å²) < 4.78 is 16.9. The van der Waals surface area contributed by atoms with Crippen molar-refractivity contribution >= 4 is 41.3 Å². The molecule has 0 atom stereocenters. The molecule has 0 fully saturated rings. The lowest BCUT2D eigenvalue weighted by Crippen LogP contribution is -2.30. The predicted molar refractivity (Wildman–Crippen MR) is 160 cm³/mol. The molecule has 11 heteroatoms. The molecule has 0 aliphatic rings. The molecule has 2 amide bonds. The van der Waals surface area contributed by atoms with Gasteiger partial charge in [0.2, 0.25) is 6.41 Å². The summed E-state index contributed by atoms with van der Waals surface area (Å²) in [5.74, 6) is -2.29. The molecule has 0 aliphatic heterocycles. The van der Waals surface area contributed by atoms with Gasteiger partial charge in [-0.3, -0.25) is 14.4 Å². The topological polar surface area (TPSA) is 130 Å². The predicted octanol–water partition coefficient (Wildman–Crippen LogP) is 5.70. The first-order chi connectivity index (χ1) is 20.9. The van der Waals surface area contributed by atoms with Crippen LogP contribution in [0.15, 0.2) is 66.7 Å². The summed E-state index contributed by atoms with van der Waals surface area (Å²) in [6, 6.07) is 18.1. The van der Waals surface area contributed by atoms with Crippen LogP contribution in [0, 0.1) is 6.92 Å². The number of methoxy groups -OCH3 is 2. The second-order valence-electron chi connectivity index (χ2n) is 10.7. The van der Waals surface area contributed by atoms with Crippen LogP contribution in [0.3, 0.4) is 0 Å². The minimum Gasteiger partial charge on any atom is -0.465 e. The van der Waals surface area contributed by atoms with E-state index in [-0.39, 0.29) is 45.3 Å². The van der Waals surface area contributed by atoms with Gasteiger partial charge >= 0.3 is 18.0 Å². The van der Waals surface area contributed by atoms with Crippen LogP contribution in [0.2, 0.25) is 0 Å². The largest absolute Gasteiger partial charge is 0.465 e. The summed E-state index contributed by atoms with van der Waals surface area (Å²) in [5.41, 5.74) is 0.978. The van der Waals surface area contributed by atoms with Crippen molar-refractivity contribution < 1.29 is 43.0 Å². The van der Waals surface area contributed by atoms with Gasteiger partial charge in [-0.15, -0.1) is 0 Å². The van der Waals surface area contributed by atoms with Crippen molar-refractivity contribution in [1.29, 1.82) is 0 Å². The Kier molecular flexibility index (Phi) is 9.29. The van der Waals surface area contributed by atoms with Gasteiger partial charge in [-0.05, 0) is 57.0 Å². The van der Waals surface area contributed by atoms with E-state index in [4.69, 9.17) is 19.0 Å². The third-order valence-corrected chi connectivity index (χ3v) is 6.64. The first-order valence-electron chi connectivity index (χ1n) is 13.6. The quantitative estimate of drug-likeness (QED) is 0.108. The summed E-state index contributed by atoms with van der Waals surface area (Å²) in [5, 5.41) is 0.734. The van der Waals surface area contributed by atoms with E-state index in [1.807, 2.05) is 0 Å². The molecule has 4 rings (SSSR count). The molecule has 1 heterocycles. The van der Waals surface area contributed by atoms with Crippen LogP contribution in [0.25, 0.3) is 22.2 Å². The van der Waals surface area contributed by atoms with Gasteiger partial charge in [-0.1, -0.05) is 48.5 Å². The Labute approximate surface area is 253 Å². The summed E-state index contributed by atoms with van der Waals surface area (Å²) in [6.45, 7) is 6.36. The third-order valence-electron chi connectivity index (χ3n) is 6.64. The van der Waals surface area contributed by atoms with Gasteiger partial charge in [-0.25, -0.2) is 19.0 Å². The maximum Gasteiger partial charge on any atom is 0.419 e. The third kappa shape index (κ3) is 6.37. The maximum atomic E-state index is 13.9. The smallest absolute Gasteiger partial charge is 0.419 e. The van der Waals surface area contributed by atoms with Crippen LogP contribution >= 0.6 is 0 Å². The maximum absolute atomic E-state index is 13.9. The molecule has 3 aromatic carbocycles. The zero-order chi connectivity index (χ0) is 32.2. The molecule has 0 saturated heterocycles. The average Bonchev–Trinajstić information content (AvgIpc) is 3.34. The van der Waals surface area contributed by atoms with E-state index in [1.165, 1.54) is 30.9 Å². The Morgan fingerprint density at radius 3 is 2.09 bits per heavy atom. The number of ether oxygens (including phenoxy) is 3. The molecule has 11 nitrogen and oxygen atoms in total. The number of carbonyl (C=O) groups is 5. The Bertz CT molecular complexity index is 1750. The van der Waals surface area contributed by atoms with E-state index >= 15 is 0 Å². The van der Waals surface area contributed by atoms with Crippen LogP contribution in [0.4, 0.5) is 4.79 Å². The van der Waals surface area contributed by atoms with Gasteiger partial charge in [0, 0.05) is 16.5 Å². The summed E-state index contributed by atoms with van der Waals surface area (Å²) in [4.78, 5) is 70.8. The lowest BCUT2D eigenvalue weighted by atomic mass is 10.00. The Balaban J connectivity index is 2.03. The van der Waals surface area contributed by atoms with Crippen LogP contribution in [-0.4, -0.2) is 59.8 Å². The molecule has 4 aromatic rings. The number of hydrogen-bond acceptors (Lipinski definition) is 9. The average molecular weight is 601 g/mol. The molecule has 228 valence electrons. The van der Waals surface area contributed by atoms with Crippen molar-refractivity contribution in [3.8, 4) is 11.3 Å². The van der Waals surface area contributed by atoms with Crippen LogP contribution in [-0.2, 0) is 30.4 Å². The molecule has 0 aliphatic carbocycles. The number of rotatable bonds is 8. The number of imide groups is 1. The minimum absolute atomic E-state index is 0.0287. The summed E-state index contributed by atoms with van der Waals surface area (Å²) >= 11 is 0. The Morgan fingerprint density at radius 1 is 0.864 bits per heavy atom. The van der Waals surface area contributed by atoms with Gasteiger partial charge in [0.25, 0.3) is 5.91 Å². The lowest BCUT2D eigenvalue weighted by molar-refractivity contribution is -0.159. The van der Waals surface area contributed by atoms with E-state index in [0.29, 0.717) is 16.2 Å². The number of aryl methyl sites for hydroxylation is 1. The van der Waals surface area contributed by atoms with Crippen LogP contribution in [0.5, 0.6) is 0 Å². The van der Waals surface area contributed by atoms with Gasteiger partial charge in [0.05, 0.1) is 36.6 Å². The molecule has 0 unspecified atom stereocenters. The van der Waals surface area contributed by atoms with Crippen molar-refractivity contribution in [2.75, 3.05) is 14.2 Å².